The maximum Gasteiger partial charge on any atom is 0.00799 e. The monoisotopic (exact) mass is 136 g/mol. The van der Waals surface area contributed by atoms with Crippen molar-refractivity contribution in [1.82, 2.24) is 0 Å². The van der Waals surface area contributed by atoms with E-state index < -0.39 is 0 Å². The van der Waals surface area contributed by atoms with Gasteiger partial charge >= 0.3 is 0 Å². The van der Waals surface area contributed by atoms with Gasteiger partial charge in [-0.1, -0.05) is 45.3 Å². The van der Waals surface area contributed by atoms with Gasteiger partial charge in [0.25, 0.3) is 0 Å². The summed E-state index contributed by atoms with van der Waals surface area (Å²) in [4.78, 5) is 0. The minimum Gasteiger partial charge on any atom is -0.0760 e. The minimum atomic E-state index is 0.677. The summed E-state index contributed by atoms with van der Waals surface area (Å²) in [6.07, 6.45) is 5.16. The van der Waals surface area contributed by atoms with Gasteiger partial charge in [0.05, 0.1) is 0 Å². The Bertz CT molecular complexity index is 190. The van der Waals surface area contributed by atoms with Crippen molar-refractivity contribution >= 4 is 0 Å². The van der Waals surface area contributed by atoms with Crippen molar-refractivity contribution in [2.45, 2.75) is 33.6 Å². The zero-order chi connectivity index (χ0) is 7.35. The van der Waals surface area contributed by atoms with Gasteiger partial charge in [0.1, 0.15) is 0 Å². The molecule has 0 radical (unpaired) electrons. The third-order valence-corrected chi connectivity index (χ3v) is 3.50. The smallest absolute Gasteiger partial charge is 0.00799 e. The maximum absolute atomic E-state index is 2.42. The van der Waals surface area contributed by atoms with Gasteiger partial charge in [0, 0.05) is 11.3 Å². The lowest BCUT2D eigenvalue weighted by Gasteiger charge is -2.20. The molecule has 0 aromatic carbocycles. The first-order valence-electron chi connectivity index (χ1n) is 4.43. The largest absolute Gasteiger partial charge is 0.0760 e. The van der Waals surface area contributed by atoms with E-state index in [0.717, 1.165) is 11.8 Å². The lowest BCUT2D eigenvalue weighted by atomic mass is 9.84. The second-order valence-corrected chi connectivity index (χ2v) is 4.07. The molecule has 0 N–H and O–H groups in total. The van der Waals surface area contributed by atoms with Crippen LogP contribution in [0.3, 0.4) is 0 Å². The highest BCUT2D eigenvalue weighted by molar-refractivity contribution is 5.57. The van der Waals surface area contributed by atoms with Gasteiger partial charge in [-0.15, -0.1) is 0 Å². The molecule has 3 atom stereocenters. The molecule has 0 spiro atoms. The van der Waals surface area contributed by atoms with Crippen LogP contribution in [0.4, 0.5) is 0 Å². The van der Waals surface area contributed by atoms with E-state index in [0.29, 0.717) is 5.41 Å². The van der Waals surface area contributed by atoms with Crippen molar-refractivity contribution < 1.29 is 0 Å². The molecule has 0 heteroatoms. The summed E-state index contributed by atoms with van der Waals surface area (Å²) in [7, 11) is 0. The zero-order valence-corrected chi connectivity index (χ0v) is 7.15. The van der Waals surface area contributed by atoms with Gasteiger partial charge in [-0.25, -0.2) is 0 Å². The number of fused-ring (bicyclic) bond motifs is 1. The maximum atomic E-state index is 2.42. The van der Waals surface area contributed by atoms with Gasteiger partial charge < -0.3 is 0 Å². The van der Waals surface area contributed by atoms with Crippen molar-refractivity contribution in [2.75, 3.05) is 0 Å². The molecule has 2 aliphatic rings. The SMILES string of the molecule is CCCC(C)C1(C)C2=CC21. The summed E-state index contributed by atoms with van der Waals surface area (Å²) in [5.74, 6) is 1.89. The Balaban J connectivity index is 1.94. The Morgan fingerprint density at radius 1 is 1.70 bits per heavy atom. The van der Waals surface area contributed by atoms with Gasteiger partial charge in [0.15, 0.2) is 0 Å². The highest BCUT2D eigenvalue weighted by Crippen LogP contribution is 2.74. The van der Waals surface area contributed by atoms with Crippen LogP contribution in [0, 0.1) is 17.3 Å². The standard InChI is InChI=1S/C10H16/c1-4-5-7(2)10(3)8-6-9(8)10/h6-8H,4-5H2,1-3H3. The normalized spacial score (nSPS) is 43.9. The fraction of sp³-hybridized carbons (Fsp3) is 0.800. The zero-order valence-electron chi connectivity index (χ0n) is 7.15. The summed E-state index contributed by atoms with van der Waals surface area (Å²) >= 11 is 0. The Kier molecular flexibility index (Phi) is 1.07. The summed E-state index contributed by atoms with van der Waals surface area (Å²) in [5.41, 5.74) is 2.43. The fourth-order valence-electron chi connectivity index (χ4n) is 2.23. The van der Waals surface area contributed by atoms with Crippen molar-refractivity contribution in [1.29, 1.82) is 0 Å². The molecule has 1 saturated carbocycles. The quantitative estimate of drug-likeness (QED) is 0.523. The first kappa shape index (κ1) is 6.45. The fourth-order valence-corrected chi connectivity index (χ4v) is 2.23. The molecule has 0 aromatic rings. The number of hydrogen-bond donors (Lipinski definition) is 0. The third kappa shape index (κ3) is 0.574. The molecule has 0 amide bonds. The average Bonchev–Trinajstić information content (AvgIpc) is 2.72. The Hall–Kier alpha value is -0.260. The number of hydrogen-bond acceptors (Lipinski definition) is 0. The van der Waals surface area contributed by atoms with Crippen LogP contribution >= 0.6 is 0 Å². The highest BCUT2D eigenvalue weighted by Gasteiger charge is 2.66. The van der Waals surface area contributed by atoms with E-state index in [4.69, 9.17) is 0 Å². The van der Waals surface area contributed by atoms with E-state index in [1.165, 1.54) is 12.8 Å². The molecular formula is C10H16. The molecule has 2 aliphatic carbocycles. The molecule has 3 unspecified atom stereocenters. The number of allylic oxidation sites excluding steroid dienone is 2. The third-order valence-electron chi connectivity index (χ3n) is 3.50. The molecule has 2 rings (SSSR count). The van der Waals surface area contributed by atoms with E-state index in [1.807, 2.05) is 0 Å². The van der Waals surface area contributed by atoms with E-state index in [9.17, 15) is 0 Å². The van der Waals surface area contributed by atoms with Gasteiger partial charge in [-0.3, -0.25) is 0 Å². The predicted octanol–water partition coefficient (Wildman–Crippen LogP) is 3.00. The lowest BCUT2D eigenvalue weighted by Crippen LogP contribution is -2.13. The lowest BCUT2D eigenvalue weighted by molar-refractivity contribution is 0.324. The minimum absolute atomic E-state index is 0.677. The summed E-state index contributed by atoms with van der Waals surface area (Å²) in [6.45, 7) is 7.10. The Morgan fingerprint density at radius 2 is 2.30 bits per heavy atom. The van der Waals surface area contributed by atoms with E-state index in [-0.39, 0.29) is 0 Å². The molecule has 0 aliphatic heterocycles. The van der Waals surface area contributed by atoms with E-state index in [1.54, 1.807) is 5.57 Å². The summed E-state index contributed by atoms with van der Waals surface area (Å²) < 4.78 is 0. The predicted molar refractivity (Wildman–Crippen MR) is 43.8 cm³/mol. The van der Waals surface area contributed by atoms with Crippen molar-refractivity contribution in [3.05, 3.63) is 11.6 Å². The molecule has 0 bridgehead atoms. The second kappa shape index (κ2) is 1.66. The van der Waals surface area contributed by atoms with Crippen molar-refractivity contribution in [2.24, 2.45) is 17.3 Å². The highest BCUT2D eigenvalue weighted by atomic mass is 14.7. The van der Waals surface area contributed by atoms with Crippen LogP contribution in [0.15, 0.2) is 11.6 Å². The molecule has 56 valence electrons. The topological polar surface area (TPSA) is 0 Å². The molecule has 0 heterocycles. The van der Waals surface area contributed by atoms with Crippen LogP contribution in [0.25, 0.3) is 0 Å². The average molecular weight is 136 g/mol. The van der Waals surface area contributed by atoms with Crippen LogP contribution in [0.5, 0.6) is 0 Å². The van der Waals surface area contributed by atoms with Crippen molar-refractivity contribution in [3.63, 3.8) is 0 Å². The first-order chi connectivity index (χ1) is 4.71. The van der Waals surface area contributed by atoms with E-state index >= 15 is 0 Å². The molecular weight excluding hydrogens is 120 g/mol. The van der Waals surface area contributed by atoms with Gasteiger partial charge in [-0.2, -0.15) is 0 Å². The summed E-state index contributed by atoms with van der Waals surface area (Å²) in [6, 6.07) is 0. The molecule has 0 saturated heterocycles. The summed E-state index contributed by atoms with van der Waals surface area (Å²) in [5, 5.41) is 0. The first-order valence-corrected chi connectivity index (χ1v) is 4.43. The van der Waals surface area contributed by atoms with Crippen molar-refractivity contribution in [3.8, 4) is 0 Å². The second-order valence-electron chi connectivity index (χ2n) is 4.07. The van der Waals surface area contributed by atoms with Gasteiger partial charge in [0.2, 0.25) is 0 Å². The Morgan fingerprint density at radius 3 is 2.60 bits per heavy atom. The molecule has 0 nitrogen and oxygen atoms in total. The number of rotatable bonds is 3. The molecule has 10 heavy (non-hydrogen) atoms. The van der Waals surface area contributed by atoms with E-state index in [2.05, 4.69) is 26.8 Å². The Labute approximate surface area is 63.3 Å². The van der Waals surface area contributed by atoms with Gasteiger partial charge in [-0.05, 0) is 5.92 Å². The van der Waals surface area contributed by atoms with Crippen LogP contribution in [0.1, 0.15) is 33.6 Å². The van der Waals surface area contributed by atoms with Crippen LogP contribution in [-0.2, 0) is 0 Å². The van der Waals surface area contributed by atoms with Crippen LogP contribution in [0.2, 0.25) is 0 Å². The van der Waals surface area contributed by atoms with Crippen LogP contribution < -0.4 is 0 Å². The van der Waals surface area contributed by atoms with Crippen LogP contribution in [-0.4, -0.2) is 0 Å². The molecule has 1 fully saturated rings. The molecule has 0 aromatic heterocycles.